The van der Waals surface area contributed by atoms with Gasteiger partial charge < -0.3 is 70.4 Å². The number of likely N-dealkylation sites (N-methyl/N-ethyl adjacent to an activating group) is 1. The van der Waals surface area contributed by atoms with Crippen molar-refractivity contribution >= 4 is 82.2 Å². The first-order chi connectivity index (χ1) is 43.6. The molecule has 0 aliphatic rings. The number of unbranched alkanes of at least 4 members (excludes halogenated alkanes) is 1. The number of hydrogen-bond acceptors (Lipinski definition) is 17. The Labute approximate surface area is 539 Å². The van der Waals surface area contributed by atoms with Crippen LogP contribution >= 0.6 is 0 Å². The van der Waals surface area contributed by atoms with Crippen LogP contribution < -0.4 is 55.3 Å². The highest BCUT2D eigenvalue weighted by molar-refractivity contribution is 5.98. The van der Waals surface area contributed by atoms with Gasteiger partial charge in [-0.05, 0) is 102 Å². The molecule has 0 aliphatic heterocycles. The van der Waals surface area contributed by atoms with Crippen LogP contribution in [0.3, 0.4) is 0 Å². The zero-order chi connectivity index (χ0) is 68.9. The van der Waals surface area contributed by atoms with Gasteiger partial charge in [0.2, 0.25) is 23.6 Å². The maximum atomic E-state index is 14.7. The number of carboxylic acids is 2. The fourth-order valence-electron chi connectivity index (χ4n) is 10.7. The van der Waals surface area contributed by atoms with E-state index >= 15 is 0 Å². The molecule has 0 fully saturated rings. The zero-order valence-corrected chi connectivity index (χ0v) is 54.4. The molecule has 0 saturated heterocycles. The Balaban J connectivity index is 2.56. The number of imidazole rings is 1. The number of carbonyl (C=O) groups is 12. The van der Waals surface area contributed by atoms with Crippen molar-refractivity contribution in [3.8, 4) is 0 Å². The summed E-state index contributed by atoms with van der Waals surface area (Å²) in [6, 6.07) is 4.28. The van der Waals surface area contributed by atoms with Crippen LogP contribution in [-0.2, 0) is 70.4 Å². The molecule has 1 aromatic carbocycles. The van der Waals surface area contributed by atoms with E-state index in [1.165, 1.54) is 13.3 Å². The van der Waals surface area contributed by atoms with Gasteiger partial charge in [-0.3, -0.25) is 67.5 Å². The van der Waals surface area contributed by atoms with E-state index in [0.717, 1.165) is 5.56 Å². The number of Topliss-reactive ketones (excluding diaryl/α,β-unsaturated/α-hetero) is 6. The summed E-state index contributed by atoms with van der Waals surface area (Å²) in [7, 11) is 1.63. The Morgan fingerprint density at radius 1 is 0.587 bits per heavy atom. The predicted octanol–water partition coefficient (Wildman–Crippen LogP) is 1.88. The summed E-state index contributed by atoms with van der Waals surface area (Å²) < 4.78 is 0. The van der Waals surface area contributed by atoms with Gasteiger partial charge in [0.15, 0.2) is 40.8 Å². The van der Waals surface area contributed by atoms with Crippen LogP contribution in [0.15, 0.2) is 52.8 Å². The predicted molar refractivity (Wildman–Crippen MR) is 346 cm³/mol. The van der Waals surface area contributed by atoms with Crippen LogP contribution in [0, 0.1) is 41.4 Å². The highest BCUT2D eigenvalue weighted by Gasteiger charge is 2.37. The lowest BCUT2D eigenvalue weighted by atomic mass is 9.86. The van der Waals surface area contributed by atoms with Gasteiger partial charge >= 0.3 is 11.9 Å². The topological polar surface area (TPSA) is 489 Å². The summed E-state index contributed by atoms with van der Waals surface area (Å²) in [5, 5.41) is 33.3. The van der Waals surface area contributed by atoms with Crippen molar-refractivity contribution in [2.45, 2.75) is 187 Å². The number of aromatic amines is 1. The van der Waals surface area contributed by atoms with Crippen LogP contribution in [0.4, 0.5) is 0 Å². The number of rotatable bonds is 51. The van der Waals surface area contributed by atoms with E-state index in [1.54, 1.807) is 39.2 Å². The number of nitrogens with two attached hydrogens (primary N) is 5. The van der Waals surface area contributed by atoms with Crippen molar-refractivity contribution in [1.82, 2.24) is 36.6 Å². The first-order valence-corrected chi connectivity index (χ1v) is 31.8. The molecule has 1 aromatic heterocycles. The molecule has 10 atom stereocenters. The van der Waals surface area contributed by atoms with E-state index in [9.17, 15) is 67.7 Å². The van der Waals surface area contributed by atoms with E-state index in [0.29, 0.717) is 31.4 Å². The summed E-state index contributed by atoms with van der Waals surface area (Å²) in [6.45, 7) is 8.44. The second-order valence-corrected chi connectivity index (χ2v) is 24.2. The number of carbonyl (C=O) groups excluding carboxylic acids is 10. The van der Waals surface area contributed by atoms with Gasteiger partial charge in [-0.25, -0.2) is 4.98 Å². The number of aliphatic carboxylic acids is 2. The largest absolute Gasteiger partial charge is 0.481 e. The highest BCUT2D eigenvalue weighted by Crippen LogP contribution is 2.25. The normalized spacial score (nSPS) is 14.5. The van der Waals surface area contributed by atoms with Gasteiger partial charge in [0.05, 0.1) is 37.0 Å². The summed E-state index contributed by atoms with van der Waals surface area (Å²) >= 11 is 0. The third-order valence-electron chi connectivity index (χ3n) is 16.2. The summed E-state index contributed by atoms with van der Waals surface area (Å²) in [6.07, 6.45) is 1.48. The number of H-pyrrole nitrogens is 1. The van der Waals surface area contributed by atoms with Crippen LogP contribution in [0.5, 0.6) is 0 Å². The Bertz CT molecular complexity index is 2770. The fraction of sp³-hybridized carbons (Fsp3) is 0.641. The molecule has 0 aliphatic carbocycles. The number of aliphatic imine (C=N–C) groups is 2. The average Bonchev–Trinajstić information content (AvgIpc) is 0.985. The minimum absolute atomic E-state index is 0.00519. The maximum absolute atomic E-state index is 14.7. The van der Waals surface area contributed by atoms with Gasteiger partial charge in [0.25, 0.3) is 0 Å². The Kier molecular flexibility index (Phi) is 37.7. The number of benzene rings is 1. The molecule has 0 radical (unpaired) electrons. The van der Waals surface area contributed by atoms with Gasteiger partial charge in [-0.1, -0.05) is 70.9 Å². The first kappa shape index (κ1) is 79.8. The molecule has 512 valence electrons. The lowest BCUT2D eigenvalue weighted by Gasteiger charge is -2.28. The van der Waals surface area contributed by atoms with Crippen LogP contribution in [0.25, 0.3) is 0 Å². The zero-order valence-electron chi connectivity index (χ0n) is 54.4. The van der Waals surface area contributed by atoms with Crippen molar-refractivity contribution < 1.29 is 67.7 Å². The second-order valence-electron chi connectivity index (χ2n) is 24.2. The highest BCUT2D eigenvalue weighted by atomic mass is 16.4. The number of hydrogen-bond donors (Lipinski definition) is 13. The lowest BCUT2D eigenvalue weighted by Crippen LogP contribution is -2.50. The Hall–Kier alpha value is -8.27. The monoisotopic (exact) mass is 1290 g/mol. The molecular formula is C64H102N14O14. The minimum atomic E-state index is -1.53. The first-order valence-electron chi connectivity index (χ1n) is 31.8. The maximum Gasteiger partial charge on any atom is 0.303 e. The van der Waals surface area contributed by atoms with Crippen LogP contribution in [-0.4, -0.2) is 160 Å². The molecule has 92 heavy (non-hydrogen) atoms. The molecule has 28 heteroatoms. The van der Waals surface area contributed by atoms with Crippen molar-refractivity contribution in [2.75, 3.05) is 33.2 Å². The standard InChI is InChI=1S/C64H102N14O14/c1-7-39(4)58(55(84)32-44(20-22-56(85)86)59(89)74-36-48(80)29-45(40(5)79)27-38(2)3)78-61(91)43(18-13-25-72-63(66)67)31-53(82)50(21-23-57(87)88)77-60(90)42(17-11-12-24-65)30-52(81)49(19-14-26-73-64(68)69)76-62(92)46(28-41-15-9-8-10-16-41)33-54(83)51(70-6)34-47-35-71-37-75-47/h8-10,15-16,35,37-39,42-46,49-51,58,70H,7,11-14,17-34,36,65H2,1-6H3,(H,71,75)(H,74,89)(H,76,92)(H,77,90)(H,78,91)(H,85,86)(H,87,88)(H4,66,67,72)(H4,68,69,73)/t39-,42+,43+,44+,45+,46+,49-,50-,51-,58-/m0/s1. The Morgan fingerprint density at radius 2 is 1.10 bits per heavy atom. The summed E-state index contributed by atoms with van der Waals surface area (Å²) in [5.41, 5.74) is 29.6. The van der Waals surface area contributed by atoms with E-state index in [-0.39, 0.29) is 113 Å². The summed E-state index contributed by atoms with van der Waals surface area (Å²) in [5.74, 6) is -14.6. The molecule has 4 amide bonds. The average molecular weight is 1290 g/mol. The number of ketones is 6. The molecule has 28 nitrogen and oxygen atoms in total. The van der Waals surface area contributed by atoms with Crippen molar-refractivity contribution in [2.24, 2.45) is 80.1 Å². The van der Waals surface area contributed by atoms with E-state index < -0.39 is 163 Å². The van der Waals surface area contributed by atoms with Crippen molar-refractivity contribution in [3.05, 3.63) is 54.1 Å². The van der Waals surface area contributed by atoms with Crippen LogP contribution in [0.1, 0.15) is 161 Å². The number of guanidine groups is 2. The molecule has 2 rings (SSSR count). The number of carboxylic acid groups (broad SMARTS) is 2. The quantitative estimate of drug-likeness (QED) is 0.0255. The number of aromatic nitrogens is 2. The Morgan fingerprint density at radius 3 is 1.62 bits per heavy atom. The lowest BCUT2D eigenvalue weighted by molar-refractivity contribution is -0.140. The molecular weight excluding hydrogens is 1190 g/mol. The molecule has 1 heterocycles. The fourth-order valence-corrected chi connectivity index (χ4v) is 10.7. The smallest absolute Gasteiger partial charge is 0.303 e. The third-order valence-corrected chi connectivity index (χ3v) is 16.2. The van der Waals surface area contributed by atoms with E-state index in [1.807, 2.05) is 32.0 Å². The molecule has 0 spiro atoms. The SMILES string of the molecule is CC[C@H](C)[C@H](NC(=O)[C@H](CCCN=C(N)N)CC(=O)[C@H](CCC(=O)O)NC(=O)[C@H](CCCCN)CC(=O)[C@H](CCCN=C(N)N)NC(=O)[C@@H](CC(=O)[C@H](Cc1cnc[nH]1)NC)Cc1ccccc1)C(=O)C[C@@H](CCC(=O)O)C(=O)NCC(=O)C[C@@H](CC(C)C)C(C)=O. The van der Waals surface area contributed by atoms with Gasteiger partial charge in [-0.2, -0.15) is 0 Å². The molecule has 18 N–H and O–H groups in total. The number of amides is 4. The van der Waals surface area contributed by atoms with Crippen LogP contribution in [0.2, 0.25) is 0 Å². The summed E-state index contributed by atoms with van der Waals surface area (Å²) in [4.78, 5) is 179. The molecule has 2 aromatic rings. The number of nitrogens with zero attached hydrogens (tertiary/aromatic N) is 3. The minimum Gasteiger partial charge on any atom is -0.481 e. The van der Waals surface area contributed by atoms with Crippen molar-refractivity contribution in [3.63, 3.8) is 0 Å². The van der Waals surface area contributed by atoms with Gasteiger partial charge in [0, 0.05) is 106 Å². The van der Waals surface area contributed by atoms with Crippen molar-refractivity contribution in [1.29, 1.82) is 0 Å². The molecule has 0 bridgehead atoms. The van der Waals surface area contributed by atoms with E-state index in [4.69, 9.17) is 28.7 Å². The third kappa shape index (κ3) is 32.1. The van der Waals surface area contributed by atoms with Gasteiger partial charge in [0.1, 0.15) is 5.78 Å². The van der Waals surface area contributed by atoms with Gasteiger partial charge in [-0.15, -0.1) is 0 Å². The number of nitrogens with one attached hydrogen (secondary N) is 6. The van der Waals surface area contributed by atoms with E-state index in [2.05, 4.69) is 46.5 Å². The second kappa shape index (κ2) is 43.5. The molecule has 0 saturated carbocycles. The molecule has 0 unspecified atom stereocenters.